The van der Waals surface area contributed by atoms with E-state index in [0.717, 1.165) is 23.6 Å². The van der Waals surface area contributed by atoms with Crippen molar-refractivity contribution in [3.63, 3.8) is 0 Å². The molecule has 8 heteroatoms. The molecule has 0 saturated carbocycles. The van der Waals surface area contributed by atoms with E-state index in [1.807, 2.05) is 17.8 Å². The number of aryl methyl sites for hydroxylation is 1. The predicted octanol–water partition coefficient (Wildman–Crippen LogP) is 5.80. The van der Waals surface area contributed by atoms with Gasteiger partial charge < -0.3 is 4.90 Å². The van der Waals surface area contributed by atoms with Crippen LogP contribution >= 0.6 is 11.8 Å². The Morgan fingerprint density at radius 2 is 1.84 bits per heavy atom. The van der Waals surface area contributed by atoms with Gasteiger partial charge in [-0.2, -0.15) is 30.2 Å². The second-order valence-corrected chi connectivity index (χ2v) is 9.44. The largest absolute Gasteiger partial charge is 0.416 e. The van der Waals surface area contributed by atoms with Crippen molar-refractivity contribution in [3.8, 4) is 17.3 Å². The average Bonchev–Trinajstić information content (AvgIpc) is 2.70. The van der Waals surface area contributed by atoms with E-state index in [-0.39, 0.29) is 22.6 Å². The van der Waals surface area contributed by atoms with Crippen molar-refractivity contribution >= 4 is 17.7 Å². The number of halogens is 3. The van der Waals surface area contributed by atoms with Crippen molar-refractivity contribution in [2.75, 3.05) is 25.1 Å². The van der Waals surface area contributed by atoms with Gasteiger partial charge in [0.2, 0.25) is 0 Å². The Morgan fingerprint density at radius 1 is 1.23 bits per heavy atom. The van der Waals surface area contributed by atoms with Crippen LogP contribution in [0.15, 0.2) is 30.3 Å². The fourth-order valence-corrected chi connectivity index (χ4v) is 4.14. The Balaban J connectivity index is 2.34. The summed E-state index contributed by atoms with van der Waals surface area (Å²) in [5.41, 5.74) is 0.669. The van der Waals surface area contributed by atoms with Crippen molar-refractivity contribution in [1.29, 1.82) is 5.26 Å². The second-order valence-electron chi connectivity index (χ2n) is 8.17. The Kier molecular flexibility index (Phi) is 7.77. The van der Waals surface area contributed by atoms with Crippen LogP contribution < -0.4 is 0 Å². The first-order valence-corrected chi connectivity index (χ1v) is 11.0. The number of alkyl halides is 3. The van der Waals surface area contributed by atoms with Gasteiger partial charge in [-0.05, 0) is 36.3 Å². The molecule has 0 radical (unpaired) electrons. The number of carbonyl (C=O) groups excluding carboxylic acids is 1. The predicted molar refractivity (Wildman–Crippen MR) is 118 cm³/mol. The van der Waals surface area contributed by atoms with Crippen LogP contribution in [-0.2, 0) is 6.18 Å². The molecule has 0 aliphatic rings. The van der Waals surface area contributed by atoms with Crippen LogP contribution in [0.25, 0.3) is 11.3 Å². The monoisotopic (exact) mass is 449 g/mol. The van der Waals surface area contributed by atoms with E-state index in [2.05, 4.69) is 25.8 Å². The number of rotatable bonds is 7. The van der Waals surface area contributed by atoms with Gasteiger partial charge in [0.05, 0.1) is 28.1 Å². The van der Waals surface area contributed by atoms with Crippen LogP contribution in [-0.4, -0.2) is 40.9 Å². The molecular formula is C23H26F3N3OS. The number of benzene rings is 1. The number of hydrogen-bond acceptors (Lipinski definition) is 4. The van der Waals surface area contributed by atoms with Crippen LogP contribution in [0.5, 0.6) is 0 Å². The highest BCUT2D eigenvalue weighted by atomic mass is 32.2. The summed E-state index contributed by atoms with van der Waals surface area (Å²) >= 11 is 1.81. The van der Waals surface area contributed by atoms with Gasteiger partial charge >= 0.3 is 6.18 Å². The maximum Gasteiger partial charge on any atom is 0.416 e. The van der Waals surface area contributed by atoms with Crippen molar-refractivity contribution in [3.05, 3.63) is 52.7 Å². The van der Waals surface area contributed by atoms with Crippen molar-refractivity contribution in [1.82, 2.24) is 9.88 Å². The first-order chi connectivity index (χ1) is 14.4. The van der Waals surface area contributed by atoms with Gasteiger partial charge in [-0.15, -0.1) is 0 Å². The highest BCUT2D eigenvalue weighted by Gasteiger charge is 2.30. The molecule has 4 nitrogen and oxygen atoms in total. The quantitative estimate of drug-likeness (QED) is 0.536. The Hall–Kier alpha value is -2.53. The molecule has 0 saturated heterocycles. The number of thioether (sulfide) groups is 1. The topological polar surface area (TPSA) is 57.0 Å². The normalized spacial score (nSPS) is 11.8. The van der Waals surface area contributed by atoms with Crippen molar-refractivity contribution < 1.29 is 18.0 Å². The zero-order chi connectivity index (χ0) is 23.4. The number of nitrogens with zero attached hydrogens (tertiary/aromatic N) is 3. The summed E-state index contributed by atoms with van der Waals surface area (Å²) in [6.45, 7) is 8.49. The lowest BCUT2D eigenvalue weighted by molar-refractivity contribution is -0.137. The van der Waals surface area contributed by atoms with Gasteiger partial charge in [0.1, 0.15) is 6.07 Å². The molecule has 2 aromatic rings. The van der Waals surface area contributed by atoms with Crippen molar-refractivity contribution in [2.24, 2.45) is 5.41 Å². The molecule has 0 N–H and O–H groups in total. The molecular weight excluding hydrogens is 423 g/mol. The molecule has 0 fully saturated rings. The summed E-state index contributed by atoms with van der Waals surface area (Å²) in [6, 6.07) is 7.97. The third-order valence-electron chi connectivity index (χ3n) is 4.76. The molecule has 1 aromatic heterocycles. The third kappa shape index (κ3) is 6.23. The van der Waals surface area contributed by atoms with Gasteiger partial charge in [-0.1, -0.05) is 32.9 Å². The molecule has 0 atom stereocenters. The molecule has 0 aliphatic heterocycles. The minimum absolute atomic E-state index is 0.0787. The molecule has 0 bridgehead atoms. The number of pyridine rings is 1. The summed E-state index contributed by atoms with van der Waals surface area (Å²) in [4.78, 5) is 19.1. The fraction of sp³-hybridized carbons (Fsp3) is 0.435. The lowest BCUT2D eigenvalue weighted by atomic mass is 9.95. The minimum Gasteiger partial charge on any atom is -0.341 e. The maximum atomic E-state index is 13.0. The van der Waals surface area contributed by atoms with E-state index in [1.54, 1.807) is 18.9 Å². The fourth-order valence-electron chi connectivity index (χ4n) is 3.29. The average molecular weight is 450 g/mol. The molecule has 31 heavy (non-hydrogen) atoms. The number of hydrogen-bond donors (Lipinski definition) is 0. The smallest absolute Gasteiger partial charge is 0.341 e. The van der Waals surface area contributed by atoms with E-state index in [9.17, 15) is 23.2 Å². The molecule has 1 amide bonds. The standard InChI is InChI=1S/C23H26F3N3OS/c1-6-31-14-22(3,4)13-29(5)21(30)19-11-17(12-27)20(28-15(19)2)16-7-9-18(10-8-16)23(24,25)26/h7-11H,6,13-14H2,1-5H3. The van der Waals surface area contributed by atoms with E-state index in [0.29, 0.717) is 23.4 Å². The van der Waals surface area contributed by atoms with Gasteiger partial charge in [-0.25, -0.2) is 0 Å². The van der Waals surface area contributed by atoms with E-state index in [1.165, 1.54) is 18.2 Å². The summed E-state index contributed by atoms with van der Waals surface area (Å²) in [5.74, 6) is 1.67. The lowest BCUT2D eigenvalue weighted by Crippen LogP contribution is -2.37. The molecule has 1 aromatic carbocycles. The molecule has 1 heterocycles. The van der Waals surface area contributed by atoms with Crippen LogP contribution in [0.1, 0.15) is 48.0 Å². The number of aromatic nitrogens is 1. The summed E-state index contributed by atoms with van der Waals surface area (Å²) in [5, 5.41) is 9.59. The first kappa shape index (κ1) is 24.7. The Labute approximate surface area is 185 Å². The number of nitriles is 1. The zero-order valence-corrected chi connectivity index (χ0v) is 19.1. The Morgan fingerprint density at radius 3 is 2.35 bits per heavy atom. The van der Waals surface area contributed by atoms with Crippen molar-refractivity contribution in [2.45, 2.75) is 33.9 Å². The molecule has 166 valence electrons. The van der Waals surface area contributed by atoms with Crippen LogP contribution in [0, 0.1) is 23.7 Å². The SMILES string of the molecule is CCSCC(C)(C)CN(C)C(=O)c1cc(C#N)c(-c2ccc(C(F)(F)F)cc2)nc1C. The van der Waals surface area contributed by atoms with Crippen LogP contribution in [0.3, 0.4) is 0 Å². The Bertz CT molecular complexity index is 979. The van der Waals surface area contributed by atoms with Crippen LogP contribution in [0.2, 0.25) is 0 Å². The summed E-state index contributed by atoms with van der Waals surface area (Å²) in [6.07, 6.45) is -4.44. The maximum absolute atomic E-state index is 13.0. The molecule has 2 rings (SSSR count). The highest BCUT2D eigenvalue weighted by Crippen LogP contribution is 2.32. The van der Waals surface area contributed by atoms with E-state index >= 15 is 0 Å². The van der Waals surface area contributed by atoms with Gasteiger partial charge in [0, 0.05) is 24.9 Å². The third-order valence-corrected chi connectivity index (χ3v) is 6.15. The molecule has 0 spiro atoms. The minimum atomic E-state index is -4.44. The highest BCUT2D eigenvalue weighted by molar-refractivity contribution is 7.99. The van der Waals surface area contributed by atoms with E-state index < -0.39 is 11.7 Å². The first-order valence-electron chi connectivity index (χ1n) is 9.82. The molecule has 0 aliphatic carbocycles. The van der Waals surface area contributed by atoms with Gasteiger partial charge in [0.25, 0.3) is 5.91 Å². The van der Waals surface area contributed by atoms with Gasteiger partial charge in [0.15, 0.2) is 0 Å². The number of amides is 1. The van der Waals surface area contributed by atoms with Crippen LogP contribution in [0.4, 0.5) is 13.2 Å². The second kappa shape index (κ2) is 9.73. The molecule has 0 unspecified atom stereocenters. The van der Waals surface area contributed by atoms with E-state index in [4.69, 9.17) is 0 Å². The van der Waals surface area contributed by atoms with Gasteiger partial charge in [-0.3, -0.25) is 9.78 Å². The summed E-state index contributed by atoms with van der Waals surface area (Å²) < 4.78 is 38.5. The lowest BCUT2D eigenvalue weighted by Gasteiger charge is -2.30. The zero-order valence-electron chi connectivity index (χ0n) is 18.3. The number of carbonyl (C=O) groups is 1. The summed E-state index contributed by atoms with van der Waals surface area (Å²) in [7, 11) is 1.72.